The Morgan fingerprint density at radius 1 is 0.750 bits per heavy atom. The van der Waals surface area contributed by atoms with Crippen LogP contribution in [0.25, 0.3) is 0 Å². The van der Waals surface area contributed by atoms with Gasteiger partial charge in [-0.1, -0.05) is 42.0 Å². The fraction of sp³-hybridized carbons (Fsp3) is 0.167. The molecular weight excluding hydrogens is 348 g/mol. The number of benzene rings is 3. The zero-order chi connectivity index (χ0) is 20.2. The molecule has 0 unspecified atom stereocenters. The summed E-state index contributed by atoms with van der Waals surface area (Å²) in [5, 5.41) is 3.42. The molecule has 0 amide bonds. The first-order valence-corrected chi connectivity index (χ1v) is 9.26. The van der Waals surface area contributed by atoms with E-state index in [2.05, 4.69) is 24.4 Å². The number of hydrogen-bond acceptors (Lipinski definition) is 4. The Hall–Kier alpha value is -3.40. The first-order valence-electron chi connectivity index (χ1n) is 9.26. The minimum absolute atomic E-state index is 0.179. The highest BCUT2D eigenvalue weighted by atomic mass is 16.1. The van der Waals surface area contributed by atoms with Crippen LogP contribution in [0.15, 0.2) is 42.5 Å². The van der Waals surface area contributed by atoms with E-state index in [9.17, 15) is 9.59 Å². The van der Waals surface area contributed by atoms with Crippen molar-refractivity contribution in [2.45, 2.75) is 27.7 Å². The maximum absolute atomic E-state index is 13.3. The molecular formula is C24H22N2O2. The monoisotopic (exact) mass is 370 g/mol. The molecule has 3 aromatic rings. The quantitative estimate of drug-likeness (QED) is 0.486. The van der Waals surface area contributed by atoms with Gasteiger partial charge >= 0.3 is 0 Å². The molecule has 4 rings (SSSR count). The highest BCUT2D eigenvalue weighted by Gasteiger charge is 2.34. The average Bonchev–Trinajstić information content (AvgIpc) is 2.65. The number of nitrogens with one attached hydrogen (secondary N) is 1. The van der Waals surface area contributed by atoms with Crippen LogP contribution in [0.3, 0.4) is 0 Å². The number of fused-ring (bicyclic) bond motifs is 2. The molecule has 1 aliphatic rings. The molecule has 0 aliphatic heterocycles. The first kappa shape index (κ1) is 18.0. The predicted molar refractivity (Wildman–Crippen MR) is 113 cm³/mol. The normalized spacial score (nSPS) is 12.6. The predicted octanol–water partition coefficient (Wildman–Crippen LogP) is 5.02. The molecule has 4 heteroatoms. The standard InChI is InChI=1S/C24H22N2O2/c1-12-9-14(3)22(15(4)10-12)26-18-11-13(2)21(25)20-19(18)23(27)16-7-5-6-8-17(16)24(20)28/h5-11,26H,25H2,1-4H3. The number of nitrogen functional groups attached to an aromatic ring is 1. The highest BCUT2D eigenvalue weighted by Crippen LogP contribution is 2.39. The van der Waals surface area contributed by atoms with Gasteiger partial charge in [-0.2, -0.15) is 0 Å². The number of carbonyl (C=O) groups is 2. The molecule has 0 saturated heterocycles. The summed E-state index contributed by atoms with van der Waals surface area (Å²) in [7, 11) is 0. The zero-order valence-electron chi connectivity index (χ0n) is 16.4. The van der Waals surface area contributed by atoms with Gasteiger partial charge in [0.05, 0.1) is 16.8 Å². The summed E-state index contributed by atoms with van der Waals surface area (Å²) in [5.41, 5.74) is 13.8. The fourth-order valence-corrected chi connectivity index (χ4v) is 4.06. The third-order valence-electron chi connectivity index (χ3n) is 5.38. The molecule has 28 heavy (non-hydrogen) atoms. The van der Waals surface area contributed by atoms with Crippen LogP contribution in [0.5, 0.6) is 0 Å². The third-order valence-corrected chi connectivity index (χ3v) is 5.38. The molecule has 0 radical (unpaired) electrons. The lowest BCUT2D eigenvalue weighted by molar-refractivity contribution is 0.0980. The zero-order valence-corrected chi connectivity index (χ0v) is 16.4. The minimum atomic E-state index is -0.202. The van der Waals surface area contributed by atoms with Gasteiger partial charge < -0.3 is 11.1 Å². The molecule has 0 spiro atoms. The summed E-state index contributed by atoms with van der Waals surface area (Å²) in [6.07, 6.45) is 0. The van der Waals surface area contributed by atoms with Gasteiger partial charge in [0.15, 0.2) is 11.6 Å². The van der Waals surface area contributed by atoms with Crippen molar-refractivity contribution in [3.8, 4) is 0 Å². The van der Waals surface area contributed by atoms with Crippen molar-refractivity contribution < 1.29 is 9.59 Å². The third kappa shape index (κ3) is 2.61. The summed E-state index contributed by atoms with van der Waals surface area (Å²) < 4.78 is 0. The van der Waals surface area contributed by atoms with Crippen molar-refractivity contribution in [1.29, 1.82) is 0 Å². The van der Waals surface area contributed by atoms with E-state index in [4.69, 9.17) is 5.73 Å². The van der Waals surface area contributed by atoms with Gasteiger partial charge in [0.25, 0.3) is 0 Å². The topological polar surface area (TPSA) is 72.2 Å². The van der Waals surface area contributed by atoms with E-state index in [0.29, 0.717) is 33.6 Å². The number of rotatable bonds is 2. The molecule has 0 saturated carbocycles. The van der Waals surface area contributed by atoms with E-state index in [0.717, 1.165) is 22.4 Å². The van der Waals surface area contributed by atoms with Gasteiger partial charge in [-0.3, -0.25) is 9.59 Å². The summed E-state index contributed by atoms with van der Waals surface area (Å²) >= 11 is 0. The molecule has 3 aromatic carbocycles. The lowest BCUT2D eigenvalue weighted by atomic mass is 9.81. The van der Waals surface area contributed by atoms with Crippen LogP contribution in [0.1, 0.15) is 54.1 Å². The Bertz CT molecular complexity index is 1150. The maximum atomic E-state index is 13.3. The highest BCUT2D eigenvalue weighted by molar-refractivity contribution is 6.32. The van der Waals surface area contributed by atoms with Gasteiger partial charge in [0.2, 0.25) is 0 Å². The molecule has 0 heterocycles. The number of hydrogen-bond donors (Lipinski definition) is 2. The maximum Gasteiger partial charge on any atom is 0.196 e. The molecule has 1 aliphatic carbocycles. The van der Waals surface area contributed by atoms with Crippen LogP contribution < -0.4 is 11.1 Å². The van der Waals surface area contributed by atoms with Gasteiger partial charge in [0.1, 0.15) is 0 Å². The Kier molecular flexibility index (Phi) is 4.07. The van der Waals surface area contributed by atoms with Gasteiger partial charge in [-0.25, -0.2) is 0 Å². The van der Waals surface area contributed by atoms with Gasteiger partial charge in [-0.15, -0.1) is 0 Å². The van der Waals surface area contributed by atoms with Crippen molar-refractivity contribution >= 4 is 28.6 Å². The van der Waals surface area contributed by atoms with Crippen LogP contribution in [0.4, 0.5) is 17.1 Å². The first-order chi connectivity index (χ1) is 13.3. The SMILES string of the molecule is Cc1cc(C)c(Nc2cc(C)c(N)c3c2C(=O)c2ccccc2C3=O)c(C)c1. The van der Waals surface area contributed by atoms with Crippen LogP contribution in [0.2, 0.25) is 0 Å². The summed E-state index contributed by atoms with van der Waals surface area (Å²) in [5.74, 6) is -0.381. The van der Waals surface area contributed by atoms with Crippen molar-refractivity contribution in [3.63, 3.8) is 0 Å². The van der Waals surface area contributed by atoms with Crippen LogP contribution in [-0.2, 0) is 0 Å². The summed E-state index contributed by atoms with van der Waals surface area (Å²) in [4.78, 5) is 26.5. The van der Waals surface area contributed by atoms with E-state index >= 15 is 0 Å². The second kappa shape index (κ2) is 6.34. The van der Waals surface area contributed by atoms with E-state index in [1.165, 1.54) is 5.56 Å². The molecule has 3 N–H and O–H groups in total. The van der Waals surface area contributed by atoms with Crippen molar-refractivity contribution in [3.05, 3.63) is 87.0 Å². The number of nitrogens with two attached hydrogens (primary N) is 1. The lowest BCUT2D eigenvalue weighted by Gasteiger charge is -2.24. The fourth-order valence-electron chi connectivity index (χ4n) is 4.06. The van der Waals surface area contributed by atoms with Crippen LogP contribution in [0, 0.1) is 27.7 Å². The number of ketones is 2. The second-order valence-electron chi connectivity index (χ2n) is 7.51. The average molecular weight is 370 g/mol. The van der Waals surface area contributed by atoms with Crippen molar-refractivity contribution in [2.24, 2.45) is 0 Å². The Morgan fingerprint density at radius 3 is 1.86 bits per heavy atom. The Labute approximate surface area is 164 Å². The number of anilines is 3. The lowest BCUT2D eigenvalue weighted by Crippen LogP contribution is -2.24. The van der Waals surface area contributed by atoms with E-state index < -0.39 is 0 Å². The molecule has 0 atom stereocenters. The smallest absolute Gasteiger partial charge is 0.196 e. The van der Waals surface area contributed by atoms with Gasteiger partial charge in [0, 0.05) is 22.5 Å². The molecule has 4 nitrogen and oxygen atoms in total. The summed E-state index contributed by atoms with van der Waals surface area (Å²) in [6, 6.07) is 12.9. The largest absolute Gasteiger partial charge is 0.398 e. The van der Waals surface area contributed by atoms with Crippen LogP contribution in [-0.4, -0.2) is 11.6 Å². The molecule has 0 bridgehead atoms. The van der Waals surface area contributed by atoms with E-state index in [1.54, 1.807) is 24.3 Å². The number of carbonyl (C=O) groups excluding carboxylic acids is 2. The van der Waals surface area contributed by atoms with Crippen molar-refractivity contribution in [2.75, 3.05) is 11.1 Å². The molecule has 140 valence electrons. The van der Waals surface area contributed by atoms with E-state index in [1.807, 2.05) is 26.8 Å². The Morgan fingerprint density at radius 2 is 1.29 bits per heavy atom. The Balaban J connectivity index is 1.96. The van der Waals surface area contributed by atoms with Crippen molar-refractivity contribution in [1.82, 2.24) is 0 Å². The molecule has 0 aromatic heterocycles. The van der Waals surface area contributed by atoms with E-state index in [-0.39, 0.29) is 11.6 Å². The summed E-state index contributed by atoms with van der Waals surface area (Å²) in [6.45, 7) is 7.97. The minimum Gasteiger partial charge on any atom is -0.398 e. The second-order valence-corrected chi connectivity index (χ2v) is 7.51. The van der Waals surface area contributed by atoms with Crippen LogP contribution >= 0.6 is 0 Å². The number of aryl methyl sites for hydroxylation is 4. The van der Waals surface area contributed by atoms with Gasteiger partial charge in [-0.05, 0) is 50.5 Å². The molecule has 0 fully saturated rings.